The topological polar surface area (TPSA) is 113 Å². The zero-order chi connectivity index (χ0) is 16.3. The van der Waals surface area contributed by atoms with Gasteiger partial charge in [-0.05, 0) is 31.2 Å². The molecule has 0 aromatic heterocycles. The van der Waals surface area contributed by atoms with E-state index in [2.05, 4.69) is 4.72 Å². The average Bonchev–Trinajstić information content (AvgIpc) is 2.47. The van der Waals surface area contributed by atoms with E-state index < -0.39 is 20.6 Å². The van der Waals surface area contributed by atoms with Gasteiger partial charge in [0, 0.05) is 35.6 Å². The van der Waals surface area contributed by atoms with Gasteiger partial charge in [-0.25, -0.2) is 8.42 Å². The number of nitrogens with one attached hydrogen (secondary N) is 1. The van der Waals surface area contributed by atoms with Crippen LogP contribution in [0.15, 0.2) is 47.4 Å². The fourth-order valence-electron chi connectivity index (χ4n) is 1.76. The van der Waals surface area contributed by atoms with Crippen molar-refractivity contribution in [3.63, 3.8) is 0 Å². The molecule has 0 aliphatic carbocycles. The van der Waals surface area contributed by atoms with Crippen LogP contribution in [-0.4, -0.2) is 42.9 Å². The predicted octanol–water partition coefficient (Wildman–Crippen LogP) is 2.19. The van der Waals surface area contributed by atoms with E-state index >= 15 is 0 Å². The van der Waals surface area contributed by atoms with Crippen molar-refractivity contribution in [2.24, 2.45) is 0 Å². The van der Waals surface area contributed by atoms with Crippen molar-refractivity contribution in [1.82, 2.24) is 0 Å². The van der Waals surface area contributed by atoms with Crippen LogP contribution in [0.5, 0.6) is 0 Å². The summed E-state index contributed by atoms with van der Waals surface area (Å²) in [4.78, 5) is 10.3. The number of nitro benzene ring substituents is 1. The number of aryl methyl sites for hydroxylation is 1. The van der Waals surface area contributed by atoms with Gasteiger partial charge in [0.25, 0.3) is 15.7 Å². The predicted molar refractivity (Wildman–Crippen MR) is 85.6 cm³/mol. The Balaban J connectivity index is 0.00000264. The van der Waals surface area contributed by atoms with Crippen LogP contribution in [0, 0.1) is 28.4 Å². The Kier molecular flexibility index (Phi) is 6.29. The van der Waals surface area contributed by atoms with Crippen molar-refractivity contribution < 1.29 is 13.3 Å². The molecule has 1 radical (unpaired) electrons. The minimum absolute atomic E-state index is 0. The van der Waals surface area contributed by atoms with Crippen LogP contribution in [0.2, 0.25) is 0 Å². The monoisotopic (exact) mass is 340 g/mol. The zero-order valence-electron chi connectivity index (χ0n) is 12.5. The van der Waals surface area contributed by atoms with Gasteiger partial charge < -0.3 is 0 Å². The number of nitro groups is 1. The Hall–Kier alpha value is -1.92. The maximum Gasteiger partial charge on any atom is 0.294 e. The van der Waals surface area contributed by atoms with E-state index in [1.807, 2.05) is 6.92 Å². The first-order valence-electron chi connectivity index (χ1n) is 6.11. The van der Waals surface area contributed by atoms with Gasteiger partial charge >= 0.3 is 0 Å². The third-order valence-electron chi connectivity index (χ3n) is 2.90. The molecule has 0 atom stereocenters. The van der Waals surface area contributed by atoms with Crippen LogP contribution < -0.4 is 4.72 Å². The van der Waals surface area contributed by atoms with Gasteiger partial charge in [0.05, 0.1) is 21.5 Å². The molecule has 9 heteroatoms. The minimum atomic E-state index is -3.94. The summed E-state index contributed by atoms with van der Waals surface area (Å²) in [6.45, 7) is 1.81. The third-order valence-corrected chi connectivity index (χ3v) is 4.28. The van der Waals surface area contributed by atoms with Crippen molar-refractivity contribution in [2.75, 3.05) is 4.72 Å². The number of hydrogen-bond acceptors (Lipinski definition) is 5. The molecule has 0 saturated heterocycles. The van der Waals surface area contributed by atoms with Crippen LogP contribution in [0.3, 0.4) is 0 Å². The first-order valence-corrected chi connectivity index (χ1v) is 7.60. The van der Waals surface area contributed by atoms with Crippen LogP contribution in [0.25, 0.3) is 0 Å². The smallest absolute Gasteiger partial charge is 0.273 e. The summed E-state index contributed by atoms with van der Waals surface area (Å²) in [5.74, 6) is 0. The summed E-state index contributed by atoms with van der Waals surface area (Å²) in [5, 5.41) is 19.8. The summed E-state index contributed by atoms with van der Waals surface area (Å²) in [5.41, 5.74) is 0.299. The maximum atomic E-state index is 12.2. The van der Waals surface area contributed by atoms with Crippen molar-refractivity contribution >= 4 is 51.0 Å². The Morgan fingerprint density at radius 3 is 2.30 bits per heavy atom. The van der Waals surface area contributed by atoms with Gasteiger partial charge in [-0.15, -0.1) is 0 Å². The molecule has 7 nitrogen and oxygen atoms in total. The fraction of sp³-hybridized carbons (Fsp3) is 0.0714. The molecule has 0 aliphatic heterocycles. The van der Waals surface area contributed by atoms with E-state index in [0.29, 0.717) is 0 Å². The normalized spacial score (nSPS) is 10.3. The molecule has 0 heterocycles. The van der Waals surface area contributed by atoms with Gasteiger partial charge in [-0.2, -0.15) is 5.26 Å². The molecule has 0 amide bonds. The fourth-order valence-corrected chi connectivity index (χ4v) is 2.83. The summed E-state index contributed by atoms with van der Waals surface area (Å²) >= 11 is 0. The number of anilines is 1. The van der Waals surface area contributed by atoms with Gasteiger partial charge in [-0.3, -0.25) is 14.8 Å². The summed E-state index contributed by atoms with van der Waals surface area (Å²) < 4.78 is 26.7. The third kappa shape index (κ3) is 4.53. The Bertz CT molecular complexity index is 874. The van der Waals surface area contributed by atoms with Gasteiger partial charge in [0.1, 0.15) is 5.69 Å². The minimum Gasteiger partial charge on any atom is -0.273 e. The van der Waals surface area contributed by atoms with Crippen molar-refractivity contribution in [1.29, 1.82) is 5.26 Å². The molecule has 2 aromatic rings. The maximum absolute atomic E-state index is 12.2. The van der Waals surface area contributed by atoms with Crippen LogP contribution in [0.1, 0.15) is 11.1 Å². The van der Waals surface area contributed by atoms with Crippen molar-refractivity contribution in [3.05, 3.63) is 63.7 Å². The van der Waals surface area contributed by atoms with Crippen LogP contribution in [0.4, 0.5) is 11.4 Å². The molecule has 2 rings (SSSR count). The molecular formula is C14H11N3NaO4S. The average molecular weight is 340 g/mol. The van der Waals surface area contributed by atoms with Crippen molar-refractivity contribution in [2.45, 2.75) is 11.8 Å². The molecule has 0 saturated carbocycles. The molecule has 0 aliphatic rings. The zero-order valence-corrected chi connectivity index (χ0v) is 15.3. The standard InChI is InChI=1S/C14H11N3O4S.Na/c1-10-2-5-12(6-3-10)22(20,21)16-13-7-4-11(9-15)8-14(13)17(18)19;/h2-8,16H,1H3;. The molecule has 0 fully saturated rings. The molecule has 23 heavy (non-hydrogen) atoms. The molecule has 1 N–H and O–H groups in total. The largest absolute Gasteiger partial charge is 0.294 e. The summed E-state index contributed by atoms with van der Waals surface area (Å²) in [6, 6.07) is 11.4. The molecule has 0 unspecified atom stereocenters. The quantitative estimate of drug-likeness (QED) is 0.521. The molecule has 113 valence electrons. The van der Waals surface area contributed by atoms with Gasteiger partial charge in [0.15, 0.2) is 0 Å². The van der Waals surface area contributed by atoms with Crippen molar-refractivity contribution in [3.8, 4) is 6.07 Å². The second-order valence-corrected chi connectivity index (χ2v) is 6.20. The molecule has 0 spiro atoms. The first-order chi connectivity index (χ1) is 10.3. The van der Waals surface area contributed by atoms with E-state index in [4.69, 9.17) is 5.26 Å². The number of sulfonamides is 1. The van der Waals surface area contributed by atoms with E-state index in [9.17, 15) is 18.5 Å². The van der Waals surface area contributed by atoms with Crippen LogP contribution >= 0.6 is 0 Å². The van der Waals surface area contributed by atoms with Gasteiger partial charge in [-0.1, -0.05) is 17.7 Å². The molecule has 2 aromatic carbocycles. The SMILES string of the molecule is Cc1ccc(S(=O)(=O)Nc2ccc(C#N)cc2[N+](=O)[O-])cc1.[Na]. The second-order valence-electron chi connectivity index (χ2n) is 4.52. The van der Waals surface area contributed by atoms with Crippen LogP contribution in [-0.2, 0) is 10.0 Å². The second kappa shape index (κ2) is 7.57. The first kappa shape index (κ1) is 19.1. The Morgan fingerprint density at radius 2 is 1.78 bits per heavy atom. The van der Waals surface area contributed by atoms with E-state index in [1.54, 1.807) is 18.2 Å². The summed E-state index contributed by atoms with van der Waals surface area (Å²) in [7, 11) is -3.94. The molecular weight excluding hydrogens is 329 g/mol. The van der Waals surface area contributed by atoms with E-state index in [0.717, 1.165) is 11.6 Å². The Labute approximate surface area is 155 Å². The number of benzene rings is 2. The van der Waals surface area contributed by atoms with Gasteiger partial charge in [0.2, 0.25) is 0 Å². The number of rotatable bonds is 4. The van der Waals surface area contributed by atoms with E-state index in [-0.39, 0.29) is 45.7 Å². The number of nitrogens with zero attached hydrogens (tertiary/aromatic N) is 2. The molecule has 0 bridgehead atoms. The van der Waals surface area contributed by atoms with E-state index in [1.165, 1.54) is 24.3 Å². The summed E-state index contributed by atoms with van der Waals surface area (Å²) in [6.07, 6.45) is 0. The Morgan fingerprint density at radius 1 is 1.17 bits per heavy atom. The number of hydrogen-bond donors (Lipinski definition) is 1. The number of nitriles is 1.